The Labute approximate surface area is 200 Å². The maximum absolute atomic E-state index is 12.8. The first-order valence-electron chi connectivity index (χ1n) is 11.2. The van der Waals surface area contributed by atoms with Crippen molar-refractivity contribution < 1.29 is 27.8 Å². The second-order valence-electron chi connectivity index (χ2n) is 8.71. The van der Waals surface area contributed by atoms with Crippen molar-refractivity contribution in [3.05, 3.63) is 81.5 Å². The highest BCUT2D eigenvalue weighted by atomic mass is 19.4. The van der Waals surface area contributed by atoms with Gasteiger partial charge < -0.3 is 9.84 Å². The number of carboxylic acids is 1. The van der Waals surface area contributed by atoms with E-state index in [0.29, 0.717) is 36.5 Å². The Morgan fingerprint density at radius 1 is 1.00 bits per heavy atom. The van der Waals surface area contributed by atoms with Gasteiger partial charge in [0, 0.05) is 13.0 Å². The largest absolute Gasteiger partial charge is 0.478 e. The number of carboxylic acid groups (broad SMARTS) is 1. The summed E-state index contributed by atoms with van der Waals surface area (Å²) in [5, 5.41) is 13.6. The normalized spacial score (nSPS) is 12.1. The van der Waals surface area contributed by atoms with Gasteiger partial charge in [0.1, 0.15) is 11.6 Å². The molecular weight excluding hydrogens is 463 g/mol. The molecule has 0 spiro atoms. The van der Waals surface area contributed by atoms with Gasteiger partial charge in [0.15, 0.2) is 5.60 Å². The average molecular weight is 492 g/mol. The van der Waals surface area contributed by atoms with E-state index in [9.17, 15) is 27.9 Å². The lowest BCUT2D eigenvalue weighted by Crippen LogP contribution is -2.37. The predicted molar refractivity (Wildman–Crippen MR) is 124 cm³/mol. The topological polar surface area (TPSA) is 86.3 Å². The van der Waals surface area contributed by atoms with Crippen molar-refractivity contribution in [2.24, 2.45) is 0 Å². The third-order valence-corrected chi connectivity index (χ3v) is 5.61. The summed E-state index contributed by atoms with van der Waals surface area (Å²) in [5.74, 6) is 0.0249. The van der Waals surface area contributed by atoms with Crippen molar-refractivity contribution >= 4 is 5.97 Å². The van der Waals surface area contributed by atoms with Gasteiger partial charge in [0.25, 0.3) is 0 Å². The van der Waals surface area contributed by atoms with Crippen molar-refractivity contribution in [2.75, 3.05) is 0 Å². The van der Waals surface area contributed by atoms with Gasteiger partial charge in [-0.25, -0.2) is 14.3 Å². The number of ether oxygens (including phenoxy) is 1. The van der Waals surface area contributed by atoms with Crippen molar-refractivity contribution in [1.29, 1.82) is 0 Å². The summed E-state index contributed by atoms with van der Waals surface area (Å²) in [6.45, 7) is 5.32. The van der Waals surface area contributed by atoms with Crippen molar-refractivity contribution in [1.82, 2.24) is 14.3 Å². The fourth-order valence-electron chi connectivity index (χ4n) is 3.58. The van der Waals surface area contributed by atoms with E-state index in [0.717, 1.165) is 24.1 Å². The zero-order valence-electron chi connectivity index (χ0n) is 19.8. The molecule has 3 rings (SSSR count). The summed E-state index contributed by atoms with van der Waals surface area (Å²) in [6.07, 6.45) is -2.42. The predicted octanol–water partition coefficient (Wildman–Crippen LogP) is 4.55. The van der Waals surface area contributed by atoms with E-state index in [1.165, 1.54) is 30.7 Å². The zero-order chi connectivity index (χ0) is 25.8. The van der Waals surface area contributed by atoms with Crippen molar-refractivity contribution in [2.45, 2.75) is 64.9 Å². The van der Waals surface area contributed by atoms with Crippen LogP contribution in [0.2, 0.25) is 0 Å². The smallest absolute Gasteiger partial charge is 0.416 e. The van der Waals surface area contributed by atoms with Crippen LogP contribution in [-0.4, -0.2) is 31.0 Å². The molecule has 0 atom stereocenters. The van der Waals surface area contributed by atoms with Crippen LogP contribution in [0.3, 0.4) is 0 Å². The molecule has 0 aliphatic rings. The Morgan fingerprint density at radius 3 is 2.14 bits per heavy atom. The second kappa shape index (κ2) is 10.4. The molecule has 0 fully saturated rings. The van der Waals surface area contributed by atoms with Gasteiger partial charge in [-0.15, -0.1) is 0 Å². The van der Waals surface area contributed by atoms with E-state index in [4.69, 9.17) is 4.74 Å². The standard InChI is InChI=1S/C25H28F3N3O4/c1-4-30-21(7-5-6-17-10-14-20(15-11-17)35-24(2,3)22(32)33)29-31(23(30)34)16-18-8-12-19(13-9-18)25(26,27)28/h8-15H,4-7,16H2,1-3H3,(H,32,33). The summed E-state index contributed by atoms with van der Waals surface area (Å²) < 4.78 is 46.7. The minimum Gasteiger partial charge on any atom is -0.478 e. The molecule has 0 amide bonds. The van der Waals surface area contributed by atoms with Gasteiger partial charge in [-0.3, -0.25) is 4.57 Å². The molecule has 1 heterocycles. The molecule has 10 heteroatoms. The van der Waals surface area contributed by atoms with E-state index >= 15 is 0 Å². The molecule has 188 valence electrons. The number of benzene rings is 2. The Kier molecular flexibility index (Phi) is 7.72. The lowest BCUT2D eigenvalue weighted by Gasteiger charge is -2.21. The molecule has 3 aromatic rings. The number of aromatic nitrogens is 3. The molecule has 35 heavy (non-hydrogen) atoms. The van der Waals surface area contributed by atoms with Gasteiger partial charge in [0.05, 0.1) is 12.1 Å². The zero-order valence-corrected chi connectivity index (χ0v) is 19.8. The summed E-state index contributed by atoms with van der Waals surface area (Å²) in [5.41, 5.74) is -0.783. The highest BCUT2D eigenvalue weighted by molar-refractivity contribution is 5.76. The van der Waals surface area contributed by atoms with Crippen molar-refractivity contribution in [3.8, 4) is 5.75 Å². The Balaban J connectivity index is 1.62. The minimum absolute atomic E-state index is 0.0884. The van der Waals surface area contributed by atoms with Gasteiger partial charge in [-0.1, -0.05) is 24.3 Å². The molecule has 0 unspecified atom stereocenters. The highest BCUT2D eigenvalue weighted by Gasteiger charge is 2.30. The van der Waals surface area contributed by atoms with Crippen LogP contribution in [0.25, 0.3) is 0 Å². The number of hydrogen-bond acceptors (Lipinski definition) is 4. The molecule has 7 nitrogen and oxygen atoms in total. The molecule has 0 saturated heterocycles. The van der Waals surface area contributed by atoms with Crippen LogP contribution >= 0.6 is 0 Å². The van der Waals surface area contributed by atoms with Crippen LogP contribution in [0, 0.1) is 0 Å². The first-order valence-corrected chi connectivity index (χ1v) is 11.2. The summed E-state index contributed by atoms with van der Waals surface area (Å²) in [6, 6.07) is 11.9. The molecule has 2 aromatic carbocycles. The van der Waals surface area contributed by atoms with Gasteiger partial charge in [-0.2, -0.15) is 18.3 Å². The van der Waals surface area contributed by atoms with Crippen LogP contribution in [-0.2, 0) is 36.9 Å². The fourth-order valence-corrected chi connectivity index (χ4v) is 3.58. The van der Waals surface area contributed by atoms with Gasteiger partial charge in [0.2, 0.25) is 0 Å². The number of carbonyl (C=O) groups is 1. The van der Waals surface area contributed by atoms with E-state index in [1.807, 2.05) is 19.1 Å². The number of aliphatic carboxylic acids is 1. The quantitative estimate of drug-likeness (QED) is 0.450. The highest BCUT2D eigenvalue weighted by Crippen LogP contribution is 2.29. The molecule has 1 N–H and O–H groups in total. The van der Waals surface area contributed by atoms with E-state index < -0.39 is 23.3 Å². The first-order chi connectivity index (χ1) is 16.4. The molecule has 0 radical (unpaired) electrons. The molecule has 0 aliphatic carbocycles. The number of halogens is 3. The molecular formula is C25H28F3N3O4. The van der Waals surface area contributed by atoms with Gasteiger partial charge >= 0.3 is 17.8 Å². The third kappa shape index (κ3) is 6.52. The Hall–Kier alpha value is -3.56. The number of aryl methyl sites for hydroxylation is 2. The van der Waals surface area contributed by atoms with Crippen molar-refractivity contribution in [3.63, 3.8) is 0 Å². The summed E-state index contributed by atoms with van der Waals surface area (Å²) in [7, 11) is 0. The van der Waals surface area contributed by atoms with Crippen LogP contribution in [0.15, 0.2) is 53.3 Å². The third-order valence-electron chi connectivity index (χ3n) is 5.61. The van der Waals surface area contributed by atoms with Crippen LogP contribution in [0.1, 0.15) is 49.7 Å². The molecule has 0 saturated carbocycles. The summed E-state index contributed by atoms with van der Waals surface area (Å²) >= 11 is 0. The lowest BCUT2D eigenvalue weighted by molar-refractivity contribution is -0.152. The fraction of sp³-hybridized carbons (Fsp3) is 0.400. The maximum atomic E-state index is 12.8. The van der Waals surface area contributed by atoms with Crippen LogP contribution in [0.4, 0.5) is 13.2 Å². The number of hydrogen-bond donors (Lipinski definition) is 1. The molecule has 1 aromatic heterocycles. The number of rotatable bonds is 10. The second-order valence-corrected chi connectivity index (χ2v) is 8.71. The average Bonchev–Trinajstić information content (AvgIpc) is 3.08. The first kappa shape index (κ1) is 26.1. The Morgan fingerprint density at radius 2 is 1.60 bits per heavy atom. The maximum Gasteiger partial charge on any atom is 0.416 e. The minimum atomic E-state index is -4.41. The summed E-state index contributed by atoms with van der Waals surface area (Å²) in [4.78, 5) is 23.9. The monoisotopic (exact) mass is 491 g/mol. The Bertz CT molecular complexity index is 1210. The van der Waals surface area contributed by atoms with Crippen LogP contribution in [0.5, 0.6) is 5.75 Å². The molecule has 0 bridgehead atoms. The SMILES string of the molecule is CCn1c(CCCc2ccc(OC(C)(C)C(=O)O)cc2)nn(Cc2ccc(C(F)(F)F)cc2)c1=O. The number of nitrogens with zero attached hydrogens (tertiary/aromatic N) is 3. The lowest BCUT2D eigenvalue weighted by atomic mass is 10.1. The van der Waals surface area contributed by atoms with E-state index in [2.05, 4.69) is 5.10 Å². The van der Waals surface area contributed by atoms with E-state index in [1.54, 1.807) is 16.7 Å². The van der Waals surface area contributed by atoms with Gasteiger partial charge in [-0.05, 0) is 69.0 Å². The molecule has 0 aliphatic heterocycles. The van der Waals surface area contributed by atoms with Crippen LogP contribution < -0.4 is 10.4 Å². The number of alkyl halides is 3. The van der Waals surface area contributed by atoms with E-state index in [-0.39, 0.29) is 12.2 Å².